The van der Waals surface area contributed by atoms with E-state index in [-0.39, 0.29) is 0 Å². The maximum atomic E-state index is 4.02. The second-order valence-electron chi connectivity index (χ2n) is 6.39. The smallest absolute Gasteiger partial charge is 0.00240 e. The van der Waals surface area contributed by atoms with E-state index >= 15 is 0 Å². The third kappa shape index (κ3) is 2.07. The molecule has 0 radical (unpaired) electrons. The lowest BCUT2D eigenvalue weighted by Gasteiger charge is -2.13. The van der Waals surface area contributed by atoms with Gasteiger partial charge in [-0.05, 0) is 64.1 Å². The second kappa shape index (κ2) is 5.14. The largest absolute Gasteiger partial charge is 0.100 e. The number of rotatable bonds is 4. The van der Waals surface area contributed by atoms with Crippen LogP contribution in [0.4, 0.5) is 0 Å². The molecular formula is C22H20. The molecule has 0 heterocycles. The first-order valence-electron chi connectivity index (χ1n) is 8.04. The fourth-order valence-corrected chi connectivity index (χ4v) is 3.59. The van der Waals surface area contributed by atoms with E-state index in [1.807, 2.05) is 0 Å². The Balaban J connectivity index is 1.94. The minimum atomic E-state index is 1.11. The van der Waals surface area contributed by atoms with E-state index in [0.717, 1.165) is 12.8 Å². The Hall–Kier alpha value is -2.34. The molecule has 0 saturated carbocycles. The van der Waals surface area contributed by atoms with E-state index in [1.165, 1.54) is 49.9 Å². The Morgan fingerprint density at radius 3 is 2.18 bits per heavy atom. The van der Waals surface area contributed by atoms with Gasteiger partial charge < -0.3 is 0 Å². The first-order valence-corrected chi connectivity index (χ1v) is 8.04. The van der Waals surface area contributed by atoms with Crippen LogP contribution in [-0.2, 0) is 6.42 Å². The van der Waals surface area contributed by atoms with Gasteiger partial charge in [-0.1, -0.05) is 60.2 Å². The molecule has 0 nitrogen and oxygen atoms in total. The van der Waals surface area contributed by atoms with Crippen LogP contribution in [0.15, 0.2) is 66.7 Å². The van der Waals surface area contributed by atoms with Crippen LogP contribution in [0.25, 0.3) is 32.3 Å². The van der Waals surface area contributed by atoms with Gasteiger partial charge in [0.2, 0.25) is 0 Å². The number of aryl methyl sites for hydroxylation is 1. The zero-order valence-corrected chi connectivity index (χ0v) is 13.0. The second-order valence-corrected chi connectivity index (χ2v) is 6.39. The predicted octanol–water partition coefficient (Wildman–Crippen LogP) is 6.48. The Morgan fingerprint density at radius 1 is 0.818 bits per heavy atom. The average molecular weight is 284 g/mol. The summed E-state index contributed by atoms with van der Waals surface area (Å²) in [6.07, 6.45) is 3.42. The highest BCUT2D eigenvalue weighted by molar-refractivity contribution is 6.23. The van der Waals surface area contributed by atoms with Gasteiger partial charge in [0.25, 0.3) is 0 Å². The zero-order chi connectivity index (χ0) is 15.1. The molecule has 0 N–H and O–H groups in total. The van der Waals surface area contributed by atoms with Crippen LogP contribution in [0.1, 0.15) is 25.3 Å². The summed E-state index contributed by atoms with van der Waals surface area (Å²) >= 11 is 0. The molecule has 0 spiro atoms. The number of hydrogen-bond donors (Lipinski definition) is 0. The fraction of sp³-hybridized carbons (Fsp3) is 0.182. The van der Waals surface area contributed by atoms with Crippen molar-refractivity contribution in [1.29, 1.82) is 0 Å². The van der Waals surface area contributed by atoms with Gasteiger partial charge in [0.05, 0.1) is 0 Å². The molecule has 4 aromatic rings. The Kier molecular flexibility index (Phi) is 3.11. The van der Waals surface area contributed by atoms with Gasteiger partial charge in [-0.15, -0.1) is 6.58 Å². The molecule has 0 aliphatic rings. The van der Waals surface area contributed by atoms with Crippen LogP contribution in [0, 0.1) is 0 Å². The Bertz CT molecular complexity index is 959. The molecule has 0 aromatic heterocycles. The van der Waals surface area contributed by atoms with Gasteiger partial charge in [-0.25, -0.2) is 0 Å². The molecule has 0 aliphatic carbocycles. The van der Waals surface area contributed by atoms with Crippen molar-refractivity contribution < 1.29 is 0 Å². The van der Waals surface area contributed by atoms with Crippen molar-refractivity contribution in [1.82, 2.24) is 0 Å². The maximum Gasteiger partial charge on any atom is -0.00240 e. The summed E-state index contributed by atoms with van der Waals surface area (Å²) in [5, 5.41) is 8.30. The van der Waals surface area contributed by atoms with Crippen LogP contribution in [0.3, 0.4) is 0 Å². The van der Waals surface area contributed by atoms with Gasteiger partial charge in [0, 0.05) is 0 Å². The normalized spacial score (nSPS) is 11.7. The summed E-state index contributed by atoms with van der Waals surface area (Å²) in [6, 6.07) is 20.2. The minimum absolute atomic E-state index is 1.11. The summed E-state index contributed by atoms with van der Waals surface area (Å²) in [7, 11) is 0. The summed E-state index contributed by atoms with van der Waals surface area (Å²) < 4.78 is 0. The van der Waals surface area contributed by atoms with E-state index in [2.05, 4.69) is 68.1 Å². The maximum absolute atomic E-state index is 4.02. The molecule has 0 fully saturated rings. The molecule has 0 heteroatoms. The highest BCUT2D eigenvalue weighted by atomic mass is 14.1. The third-order valence-electron chi connectivity index (χ3n) is 4.67. The van der Waals surface area contributed by atoms with Gasteiger partial charge >= 0.3 is 0 Å². The average Bonchev–Trinajstić information content (AvgIpc) is 2.53. The van der Waals surface area contributed by atoms with E-state index in [1.54, 1.807) is 0 Å². The topological polar surface area (TPSA) is 0 Å². The first kappa shape index (κ1) is 13.3. The highest BCUT2D eigenvalue weighted by Crippen LogP contribution is 2.36. The molecule has 0 atom stereocenters. The third-order valence-corrected chi connectivity index (χ3v) is 4.67. The highest BCUT2D eigenvalue weighted by Gasteiger charge is 2.10. The molecular weight excluding hydrogens is 264 g/mol. The van der Waals surface area contributed by atoms with Gasteiger partial charge in [0.15, 0.2) is 0 Å². The van der Waals surface area contributed by atoms with E-state index in [4.69, 9.17) is 0 Å². The SMILES string of the molecule is C=C(C)CCCc1ccc2ccc3cccc4ccc1c2c34. The van der Waals surface area contributed by atoms with Crippen molar-refractivity contribution in [2.75, 3.05) is 0 Å². The number of benzene rings is 4. The fourth-order valence-electron chi connectivity index (χ4n) is 3.59. The molecule has 4 rings (SSSR count). The van der Waals surface area contributed by atoms with Crippen molar-refractivity contribution in [3.05, 3.63) is 72.3 Å². The molecule has 0 saturated heterocycles. The van der Waals surface area contributed by atoms with Gasteiger partial charge in [0.1, 0.15) is 0 Å². The Labute approximate surface area is 131 Å². The van der Waals surface area contributed by atoms with Crippen LogP contribution < -0.4 is 0 Å². The molecule has 22 heavy (non-hydrogen) atoms. The predicted molar refractivity (Wildman–Crippen MR) is 97.9 cm³/mol. The zero-order valence-electron chi connectivity index (χ0n) is 13.0. The standard InChI is InChI=1S/C22H20/c1-15(2)5-3-6-16-9-10-19-12-11-17-7-4-8-18-13-14-20(16)22(19)21(17)18/h4,7-14H,1,3,5-6H2,2H3. The minimum Gasteiger partial charge on any atom is -0.100 e. The van der Waals surface area contributed by atoms with Crippen molar-refractivity contribution in [3.63, 3.8) is 0 Å². The van der Waals surface area contributed by atoms with Crippen molar-refractivity contribution in [3.8, 4) is 0 Å². The van der Waals surface area contributed by atoms with Crippen LogP contribution in [0.5, 0.6) is 0 Å². The van der Waals surface area contributed by atoms with Crippen LogP contribution in [-0.4, -0.2) is 0 Å². The van der Waals surface area contributed by atoms with Crippen molar-refractivity contribution in [2.24, 2.45) is 0 Å². The van der Waals surface area contributed by atoms with Gasteiger partial charge in [-0.3, -0.25) is 0 Å². The lowest BCUT2D eigenvalue weighted by molar-refractivity contribution is 0.818. The van der Waals surface area contributed by atoms with Crippen LogP contribution >= 0.6 is 0 Å². The van der Waals surface area contributed by atoms with Gasteiger partial charge in [-0.2, -0.15) is 0 Å². The summed E-state index contributed by atoms with van der Waals surface area (Å²) in [4.78, 5) is 0. The van der Waals surface area contributed by atoms with Crippen LogP contribution in [0.2, 0.25) is 0 Å². The molecule has 4 aromatic carbocycles. The summed E-state index contributed by atoms with van der Waals surface area (Å²) in [6.45, 7) is 6.13. The summed E-state index contributed by atoms with van der Waals surface area (Å²) in [5.41, 5.74) is 2.74. The lowest BCUT2D eigenvalue weighted by Crippen LogP contribution is -1.91. The van der Waals surface area contributed by atoms with E-state index < -0.39 is 0 Å². The van der Waals surface area contributed by atoms with Crippen molar-refractivity contribution in [2.45, 2.75) is 26.2 Å². The first-order chi connectivity index (χ1) is 10.7. The molecule has 0 unspecified atom stereocenters. The number of hydrogen-bond acceptors (Lipinski definition) is 0. The van der Waals surface area contributed by atoms with Crippen molar-refractivity contribution >= 4 is 32.3 Å². The van der Waals surface area contributed by atoms with E-state index in [0.29, 0.717) is 0 Å². The molecule has 0 aliphatic heterocycles. The Morgan fingerprint density at radius 2 is 1.45 bits per heavy atom. The quantitative estimate of drug-likeness (QED) is 0.297. The number of allylic oxidation sites excluding steroid dienone is 1. The van der Waals surface area contributed by atoms with E-state index in [9.17, 15) is 0 Å². The summed E-state index contributed by atoms with van der Waals surface area (Å²) in [5.74, 6) is 0. The lowest BCUT2D eigenvalue weighted by atomic mass is 9.90. The molecule has 0 bridgehead atoms. The molecule has 0 amide bonds. The monoisotopic (exact) mass is 284 g/mol. The molecule has 108 valence electrons.